The van der Waals surface area contributed by atoms with Gasteiger partial charge in [-0.05, 0) is 30.8 Å². The van der Waals surface area contributed by atoms with E-state index in [0.717, 1.165) is 32.2 Å². The molecule has 27 heavy (non-hydrogen) atoms. The van der Waals surface area contributed by atoms with Crippen LogP contribution in [-0.2, 0) is 12.7 Å². The fourth-order valence-electron chi connectivity index (χ4n) is 3.21. The van der Waals surface area contributed by atoms with E-state index in [-0.39, 0.29) is 28.9 Å². The molecule has 2 N–H and O–H groups in total. The molecule has 0 unspecified atom stereocenters. The Morgan fingerprint density at radius 3 is 2.52 bits per heavy atom. The van der Waals surface area contributed by atoms with Crippen molar-refractivity contribution < 1.29 is 18.0 Å². The Balaban J connectivity index is 1.97. The van der Waals surface area contributed by atoms with E-state index in [0.29, 0.717) is 0 Å². The van der Waals surface area contributed by atoms with Gasteiger partial charge in [-0.25, -0.2) is 0 Å². The summed E-state index contributed by atoms with van der Waals surface area (Å²) >= 11 is 0. The quantitative estimate of drug-likeness (QED) is 0.889. The van der Waals surface area contributed by atoms with Gasteiger partial charge in [0.2, 0.25) is 0 Å². The van der Waals surface area contributed by atoms with Crippen LogP contribution < -0.4 is 5.73 Å². The number of carbonyl (C=O) groups excluding carboxylic acids is 1. The molecule has 3 rings (SSSR count). The van der Waals surface area contributed by atoms with Gasteiger partial charge in [0.1, 0.15) is 0 Å². The van der Waals surface area contributed by atoms with E-state index < -0.39 is 17.6 Å². The average molecular weight is 378 g/mol. The van der Waals surface area contributed by atoms with E-state index in [9.17, 15) is 18.0 Å². The molecule has 5 nitrogen and oxygen atoms in total. The van der Waals surface area contributed by atoms with Crippen molar-refractivity contribution in [1.29, 1.82) is 0 Å². The lowest BCUT2D eigenvalue weighted by Crippen LogP contribution is -2.44. The average Bonchev–Trinajstić information content (AvgIpc) is 2.63. The number of alkyl halides is 3. The summed E-state index contributed by atoms with van der Waals surface area (Å²) in [6.45, 7) is 3.34. The molecule has 0 radical (unpaired) electrons. The number of rotatable bonds is 4. The molecule has 2 heterocycles. The Labute approximate surface area is 155 Å². The second kappa shape index (κ2) is 7.66. The van der Waals surface area contributed by atoms with Crippen LogP contribution in [0.25, 0.3) is 11.3 Å². The number of nitrogens with two attached hydrogens (primary N) is 1. The molecule has 0 atom stereocenters. The van der Waals surface area contributed by atoms with Crippen molar-refractivity contribution in [3.63, 3.8) is 0 Å². The zero-order chi connectivity index (χ0) is 19.6. The number of amides is 1. The molecule has 0 aliphatic carbocycles. The SMILES string of the molecule is CN1CCN(Cc2ccc(-c3ncccc3C(N)=O)cc2C(F)(F)F)CC1. The maximum absolute atomic E-state index is 13.7. The van der Waals surface area contributed by atoms with Gasteiger partial charge >= 0.3 is 6.18 Å². The molecule has 1 fully saturated rings. The second-order valence-corrected chi connectivity index (χ2v) is 6.71. The first-order valence-corrected chi connectivity index (χ1v) is 8.62. The fraction of sp³-hybridized carbons (Fsp3) is 0.368. The normalized spacial score (nSPS) is 16.4. The van der Waals surface area contributed by atoms with Crippen LogP contribution in [0.1, 0.15) is 21.5 Å². The van der Waals surface area contributed by atoms with Crippen molar-refractivity contribution in [2.75, 3.05) is 33.2 Å². The summed E-state index contributed by atoms with van der Waals surface area (Å²) in [7, 11) is 2.00. The number of benzene rings is 1. The summed E-state index contributed by atoms with van der Waals surface area (Å²) in [6, 6.07) is 7.07. The summed E-state index contributed by atoms with van der Waals surface area (Å²) in [4.78, 5) is 19.8. The number of aromatic nitrogens is 1. The van der Waals surface area contributed by atoms with E-state index in [1.54, 1.807) is 6.07 Å². The van der Waals surface area contributed by atoms with Gasteiger partial charge in [-0.15, -0.1) is 0 Å². The molecule has 1 amide bonds. The maximum Gasteiger partial charge on any atom is 0.416 e. The highest BCUT2D eigenvalue weighted by atomic mass is 19.4. The molecule has 8 heteroatoms. The van der Waals surface area contributed by atoms with Gasteiger partial charge in [0.05, 0.1) is 16.8 Å². The first-order chi connectivity index (χ1) is 12.8. The molecule has 0 spiro atoms. The number of carbonyl (C=O) groups is 1. The standard InChI is InChI=1S/C19H21F3N4O/c1-25-7-9-26(10-8-25)12-14-5-4-13(11-16(14)19(20,21)22)17-15(18(23)27)3-2-6-24-17/h2-6,11H,7-10,12H2,1H3,(H2,23,27). The highest BCUT2D eigenvalue weighted by Crippen LogP contribution is 2.36. The van der Waals surface area contributed by atoms with Crippen molar-refractivity contribution in [2.24, 2.45) is 5.73 Å². The van der Waals surface area contributed by atoms with Crippen LogP contribution in [0.5, 0.6) is 0 Å². The van der Waals surface area contributed by atoms with Gasteiger partial charge in [-0.2, -0.15) is 13.2 Å². The smallest absolute Gasteiger partial charge is 0.366 e. The van der Waals surface area contributed by atoms with Crippen molar-refractivity contribution in [3.8, 4) is 11.3 Å². The summed E-state index contributed by atoms with van der Waals surface area (Å²) < 4.78 is 41.0. The lowest BCUT2D eigenvalue weighted by molar-refractivity contribution is -0.138. The molecule has 2 aromatic rings. The lowest BCUT2D eigenvalue weighted by atomic mass is 9.98. The Morgan fingerprint density at radius 2 is 1.89 bits per heavy atom. The molecule has 1 aromatic heterocycles. The third kappa shape index (κ3) is 4.45. The maximum atomic E-state index is 13.7. The van der Waals surface area contributed by atoms with Gasteiger partial charge < -0.3 is 10.6 Å². The minimum atomic E-state index is -4.50. The van der Waals surface area contributed by atoms with Gasteiger partial charge in [0.25, 0.3) is 5.91 Å². The first-order valence-electron chi connectivity index (χ1n) is 8.62. The Morgan fingerprint density at radius 1 is 1.19 bits per heavy atom. The number of hydrogen-bond donors (Lipinski definition) is 1. The van der Waals surface area contributed by atoms with E-state index in [4.69, 9.17) is 5.73 Å². The monoisotopic (exact) mass is 378 g/mol. The van der Waals surface area contributed by atoms with Crippen LogP contribution in [0, 0.1) is 0 Å². The number of nitrogens with zero attached hydrogens (tertiary/aromatic N) is 3. The molecule has 144 valence electrons. The lowest BCUT2D eigenvalue weighted by Gasteiger charge is -2.33. The summed E-state index contributed by atoms with van der Waals surface area (Å²) in [5.41, 5.74) is 5.31. The van der Waals surface area contributed by atoms with Gasteiger partial charge in [0.15, 0.2) is 0 Å². The number of halogens is 3. The van der Waals surface area contributed by atoms with Crippen LogP contribution >= 0.6 is 0 Å². The molecule has 1 aliphatic rings. The number of likely N-dealkylation sites (N-methyl/N-ethyl adjacent to an activating group) is 1. The molecule has 1 aliphatic heterocycles. The summed E-state index contributed by atoms with van der Waals surface area (Å²) in [5.74, 6) is -0.729. The second-order valence-electron chi connectivity index (χ2n) is 6.71. The van der Waals surface area contributed by atoms with Crippen LogP contribution in [0.4, 0.5) is 13.2 Å². The predicted molar refractivity (Wildman–Crippen MR) is 96.0 cm³/mol. The number of piperazine rings is 1. The largest absolute Gasteiger partial charge is 0.416 e. The third-order valence-electron chi connectivity index (χ3n) is 4.75. The Kier molecular flexibility index (Phi) is 5.48. The predicted octanol–water partition coefficient (Wildman–Crippen LogP) is 2.61. The van der Waals surface area contributed by atoms with Gasteiger partial charge in [0, 0.05) is 44.5 Å². The van der Waals surface area contributed by atoms with Crippen LogP contribution in [0.3, 0.4) is 0 Å². The third-order valence-corrected chi connectivity index (χ3v) is 4.75. The van der Waals surface area contributed by atoms with Crippen molar-refractivity contribution in [3.05, 3.63) is 53.2 Å². The van der Waals surface area contributed by atoms with Crippen LogP contribution in [0.2, 0.25) is 0 Å². The number of primary amides is 1. The summed E-state index contributed by atoms with van der Waals surface area (Å²) in [6.07, 6.45) is -3.08. The van der Waals surface area contributed by atoms with Crippen LogP contribution in [0.15, 0.2) is 36.5 Å². The number of pyridine rings is 1. The minimum absolute atomic E-state index is 0.0949. The topological polar surface area (TPSA) is 62.5 Å². The van der Waals surface area contributed by atoms with Gasteiger partial charge in [-0.3, -0.25) is 14.7 Å². The summed E-state index contributed by atoms with van der Waals surface area (Å²) in [5, 5.41) is 0. The highest BCUT2D eigenvalue weighted by Gasteiger charge is 2.34. The van der Waals surface area contributed by atoms with E-state index in [2.05, 4.69) is 9.88 Å². The van der Waals surface area contributed by atoms with Crippen molar-refractivity contribution in [2.45, 2.75) is 12.7 Å². The van der Waals surface area contributed by atoms with Crippen LogP contribution in [-0.4, -0.2) is 53.9 Å². The van der Waals surface area contributed by atoms with Gasteiger partial charge in [-0.1, -0.05) is 12.1 Å². The molecular weight excluding hydrogens is 357 g/mol. The molecule has 0 bridgehead atoms. The fourth-order valence-corrected chi connectivity index (χ4v) is 3.21. The van der Waals surface area contributed by atoms with E-state index >= 15 is 0 Å². The molecule has 1 saturated heterocycles. The highest BCUT2D eigenvalue weighted by molar-refractivity contribution is 5.98. The Hall–Kier alpha value is -2.45. The van der Waals surface area contributed by atoms with E-state index in [1.807, 2.05) is 11.9 Å². The van der Waals surface area contributed by atoms with E-state index in [1.165, 1.54) is 24.4 Å². The molecule has 1 aromatic carbocycles. The molecule has 0 saturated carbocycles. The zero-order valence-corrected chi connectivity index (χ0v) is 15.0. The zero-order valence-electron chi connectivity index (χ0n) is 15.0. The number of hydrogen-bond acceptors (Lipinski definition) is 4. The minimum Gasteiger partial charge on any atom is -0.366 e. The van der Waals surface area contributed by atoms with Crippen molar-refractivity contribution in [1.82, 2.24) is 14.8 Å². The Bertz CT molecular complexity index is 830. The molecular formula is C19H21F3N4O. The first kappa shape index (κ1) is 19.3. The van der Waals surface area contributed by atoms with Crippen molar-refractivity contribution >= 4 is 5.91 Å².